The molecule has 2 rings (SSSR count). The Bertz CT molecular complexity index is 630. The predicted molar refractivity (Wildman–Crippen MR) is 72.8 cm³/mol. The summed E-state index contributed by atoms with van der Waals surface area (Å²) in [5.41, 5.74) is 0.138. The highest BCUT2D eigenvalue weighted by Gasteiger charge is 2.30. The number of carbonyl (C=O) groups excluding carboxylic acids is 1. The van der Waals surface area contributed by atoms with Gasteiger partial charge in [0.1, 0.15) is 0 Å². The molecule has 1 aromatic rings. The van der Waals surface area contributed by atoms with Crippen LogP contribution in [-0.2, 0) is 11.0 Å². The molecule has 1 aliphatic rings. The summed E-state index contributed by atoms with van der Waals surface area (Å²) in [4.78, 5) is 11.9. The lowest BCUT2D eigenvalue weighted by molar-refractivity contribution is -0.137. The molecule has 0 saturated carbocycles. The minimum atomic E-state index is -4.42. The Balaban J connectivity index is 2.10. The van der Waals surface area contributed by atoms with Crippen LogP contribution in [0.15, 0.2) is 35.9 Å². The summed E-state index contributed by atoms with van der Waals surface area (Å²) in [5.74, 6) is -0.510. The molecule has 0 aliphatic heterocycles. The van der Waals surface area contributed by atoms with Crippen molar-refractivity contribution in [2.24, 2.45) is 0 Å². The first-order valence-corrected chi connectivity index (χ1v) is 6.08. The lowest BCUT2D eigenvalue weighted by Gasteiger charge is -2.15. The average molecular weight is 295 g/mol. The third-order valence-corrected chi connectivity index (χ3v) is 2.92. The maximum atomic E-state index is 12.4. The van der Waals surface area contributed by atoms with E-state index in [1.807, 2.05) is 0 Å². The first-order valence-electron chi connectivity index (χ1n) is 6.08. The van der Waals surface area contributed by atoms with E-state index in [1.54, 1.807) is 0 Å². The lowest BCUT2D eigenvalue weighted by atomic mass is 9.95. The molecule has 3 N–H and O–H groups in total. The summed E-state index contributed by atoms with van der Waals surface area (Å²) in [6.07, 6.45) is -2.66. The fourth-order valence-electron chi connectivity index (χ4n) is 1.93. The van der Waals surface area contributed by atoms with E-state index in [0.29, 0.717) is 0 Å². The van der Waals surface area contributed by atoms with Gasteiger partial charge in [0.15, 0.2) is 0 Å². The Labute approximate surface area is 118 Å². The van der Waals surface area contributed by atoms with Gasteiger partial charge in [-0.05, 0) is 30.3 Å². The van der Waals surface area contributed by atoms with Crippen molar-refractivity contribution in [3.8, 4) is 0 Å². The molecular weight excluding hydrogens is 283 g/mol. The van der Waals surface area contributed by atoms with Crippen LogP contribution in [0.4, 0.5) is 18.9 Å². The minimum Gasteiger partial charge on any atom is -0.322 e. The van der Waals surface area contributed by atoms with E-state index in [0.717, 1.165) is 12.1 Å². The molecule has 1 aromatic carbocycles. The maximum Gasteiger partial charge on any atom is 0.416 e. The van der Waals surface area contributed by atoms with Crippen LogP contribution in [0.25, 0.3) is 0 Å². The van der Waals surface area contributed by atoms with Crippen LogP contribution in [-0.4, -0.2) is 17.3 Å². The van der Waals surface area contributed by atoms with Crippen LogP contribution < -0.4 is 5.32 Å². The molecule has 0 saturated heterocycles. The van der Waals surface area contributed by atoms with E-state index < -0.39 is 17.6 Å². The van der Waals surface area contributed by atoms with Crippen LogP contribution in [0, 0.1) is 10.8 Å². The molecule has 1 amide bonds. The van der Waals surface area contributed by atoms with Crippen molar-refractivity contribution in [1.82, 2.24) is 0 Å². The predicted octanol–water partition coefficient (Wildman–Crippen LogP) is 3.40. The SMILES string of the molecule is N=C1C=C(C(=O)Nc2ccc(C(F)(F)F)cc2)CC(=N)C1. The van der Waals surface area contributed by atoms with Gasteiger partial charge in [-0.1, -0.05) is 0 Å². The molecule has 0 aromatic heterocycles. The number of benzene rings is 1. The zero-order valence-electron chi connectivity index (χ0n) is 10.8. The Morgan fingerprint density at radius 3 is 2.24 bits per heavy atom. The van der Waals surface area contributed by atoms with Crippen molar-refractivity contribution >= 4 is 23.0 Å². The van der Waals surface area contributed by atoms with Crippen LogP contribution in [0.2, 0.25) is 0 Å². The third kappa shape index (κ3) is 3.77. The summed E-state index contributed by atoms with van der Waals surface area (Å²) in [5, 5.41) is 17.5. The molecule has 110 valence electrons. The van der Waals surface area contributed by atoms with Gasteiger partial charge in [-0.2, -0.15) is 13.2 Å². The zero-order valence-corrected chi connectivity index (χ0v) is 10.8. The monoisotopic (exact) mass is 295 g/mol. The molecule has 0 radical (unpaired) electrons. The van der Waals surface area contributed by atoms with Gasteiger partial charge in [0, 0.05) is 35.5 Å². The van der Waals surface area contributed by atoms with Crippen LogP contribution >= 0.6 is 0 Å². The molecule has 21 heavy (non-hydrogen) atoms. The molecule has 0 heterocycles. The highest BCUT2D eigenvalue weighted by Crippen LogP contribution is 2.29. The molecule has 7 heteroatoms. The first kappa shape index (κ1) is 15.0. The van der Waals surface area contributed by atoms with Crippen LogP contribution in [0.1, 0.15) is 18.4 Å². The van der Waals surface area contributed by atoms with Crippen LogP contribution in [0.3, 0.4) is 0 Å². The van der Waals surface area contributed by atoms with Crippen molar-refractivity contribution in [3.63, 3.8) is 0 Å². The van der Waals surface area contributed by atoms with Crippen molar-refractivity contribution in [2.75, 3.05) is 5.32 Å². The number of amides is 1. The molecule has 0 bridgehead atoms. The number of anilines is 1. The lowest BCUT2D eigenvalue weighted by Crippen LogP contribution is -2.22. The Morgan fingerprint density at radius 2 is 1.71 bits per heavy atom. The van der Waals surface area contributed by atoms with Crippen molar-refractivity contribution in [1.29, 1.82) is 10.8 Å². The number of hydrogen-bond donors (Lipinski definition) is 3. The Kier molecular flexibility index (Phi) is 3.93. The molecule has 1 aliphatic carbocycles. The highest BCUT2D eigenvalue weighted by molar-refractivity contribution is 6.18. The fourth-order valence-corrected chi connectivity index (χ4v) is 1.93. The van der Waals surface area contributed by atoms with Gasteiger partial charge in [0.05, 0.1) is 5.56 Å². The third-order valence-electron chi connectivity index (χ3n) is 2.92. The normalized spacial score (nSPS) is 15.7. The fraction of sp³-hybridized carbons (Fsp3) is 0.214. The Morgan fingerprint density at radius 1 is 1.10 bits per heavy atom. The van der Waals surface area contributed by atoms with Gasteiger partial charge < -0.3 is 16.1 Å². The standard InChI is InChI=1S/C14H12F3N3O/c15-14(16,17)9-1-3-12(4-2-9)20-13(21)8-5-10(18)7-11(19)6-8/h1-5,18-19H,6-7H2,(H,20,21). The van der Waals surface area contributed by atoms with Gasteiger partial charge >= 0.3 is 6.18 Å². The van der Waals surface area contributed by atoms with E-state index in [-0.39, 0.29) is 35.5 Å². The van der Waals surface area contributed by atoms with Gasteiger partial charge in [-0.15, -0.1) is 0 Å². The van der Waals surface area contributed by atoms with Crippen molar-refractivity contribution < 1.29 is 18.0 Å². The highest BCUT2D eigenvalue weighted by atomic mass is 19.4. The molecular formula is C14H12F3N3O. The van der Waals surface area contributed by atoms with E-state index in [9.17, 15) is 18.0 Å². The summed E-state index contributed by atoms with van der Waals surface area (Å²) in [6.45, 7) is 0. The molecule has 0 spiro atoms. The van der Waals surface area contributed by atoms with Gasteiger partial charge in [-0.25, -0.2) is 0 Å². The molecule has 0 fully saturated rings. The number of alkyl halides is 3. The first-order chi connectivity index (χ1) is 9.75. The summed E-state index contributed by atoms with van der Waals surface area (Å²) < 4.78 is 37.2. The molecule has 4 nitrogen and oxygen atoms in total. The van der Waals surface area contributed by atoms with Crippen LogP contribution in [0.5, 0.6) is 0 Å². The summed E-state index contributed by atoms with van der Waals surface area (Å²) >= 11 is 0. The number of rotatable bonds is 2. The zero-order chi connectivity index (χ0) is 15.6. The second-order valence-corrected chi connectivity index (χ2v) is 4.68. The minimum absolute atomic E-state index is 0.148. The largest absolute Gasteiger partial charge is 0.416 e. The van der Waals surface area contributed by atoms with E-state index in [2.05, 4.69) is 5.32 Å². The summed E-state index contributed by atoms with van der Waals surface area (Å²) in [7, 11) is 0. The average Bonchev–Trinajstić information content (AvgIpc) is 2.37. The van der Waals surface area contributed by atoms with E-state index >= 15 is 0 Å². The number of halogens is 3. The quantitative estimate of drug-likeness (QED) is 0.768. The van der Waals surface area contributed by atoms with Gasteiger partial charge in [0.2, 0.25) is 0 Å². The Hall–Kier alpha value is -2.44. The van der Waals surface area contributed by atoms with Gasteiger partial charge in [-0.3, -0.25) is 4.79 Å². The number of carbonyl (C=O) groups is 1. The van der Waals surface area contributed by atoms with E-state index in [4.69, 9.17) is 10.8 Å². The molecule has 0 atom stereocenters. The maximum absolute atomic E-state index is 12.4. The number of nitrogens with one attached hydrogen (secondary N) is 3. The number of allylic oxidation sites excluding steroid dienone is 1. The smallest absolute Gasteiger partial charge is 0.322 e. The van der Waals surface area contributed by atoms with Crippen molar-refractivity contribution in [3.05, 3.63) is 41.5 Å². The molecule has 0 unspecified atom stereocenters. The number of hydrogen-bond acceptors (Lipinski definition) is 3. The van der Waals surface area contributed by atoms with E-state index in [1.165, 1.54) is 18.2 Å². The van der Waals surface area contributed by atoms with Crippen molar-refractivity contribution in [2.45, 2.75) is 19.0 Å². The van der Waals surface area contributed by atoms with Gasteiger partial charge in [0.25, 0.3) is 5.91 Å². The topological polar surface area (TPSA) is 76.8 Å². The summed E-state index contributed by atoms with van der Waals surface area (Å²) in [6, 6.07) is 4.10. The second kappa shape index (κ2) is 5.51. The second-order valence-electron chi connectivity index (χ2n) is 4.68.